The Morgan fingerprint density at radius 3 is 3.13 bits per heavy atom. The predicted molar refractivity (Wildman–Crippen MR) is 57.5 cm³/mol. The smallest absolute Gasteiger partial charge is 0.406 e. The van der Waals surface area contributed by atoms with Crippen molar-refractivity contribution in [3.63, 3.8) is 0 Å². The molecule has 0 aromatic heterocycles. The van der Waals surface area contributed by atoms with Crippen LogP contribution < -0.4 is 10.6 Å². The van der Waals surface area contributed by atoms with E-state index < -0.39 is 6.09 Å². The van der Waals surface area contributed by atoms with Gasteiger partial charge in [-0.1, -0.05) is 12.1 Å². The lowest BCUT2D eigenvalue weighted by molar-refractivity contribution is 0.157. The number of amides is 1. The van der Waals surface area contributed by atoms with E-state index in [1.54, 1.807) is 6.21 Å². The highest BCUT2D eigenvalue weighted by Crippen LogP contribution is 2.29. The van der Waals surface area contributed by atoms with Crippen molar-refractivity contribution < 1.29 is 9.53 Å². The summed E-state index contributed by atoms with van der Waals surface area (Å²) in [5, 5.41) is 0. The lowest BCUT2D eigenvalue weighted by atomic mass is 10.2. The molecule has 15 heavy (non-hydrogen) atoms. The van der Waals surface area contributed by atoms with Crippen molar-refractivity contribution in [2.45, 2.75) is 0 Å². The molecule has 0 saturated carbocycles. The van der Waals surface area contributed by atoms with Gasteiger partial charge < -0.3 is 15.4 Å². The Balaban J connectivity index is 2.15. The number of nitrogens with two attached hydrogens (primary N) is 1. The molecule has 1 aromatic carbocycles. The fourth-order valence-electron chi connectivity index (χ4n) is 1.44. The van der Waals surface area contributed by atoms with Crippen molar-refractivity contribution in [1.29, 1.82) is 0 Å². The van der Waals surface area contributed by atoms with Crippen LogP contribution in [0.25, 0.3) is 0 Å². The predicted octanol–water partition coefficient (Wildman–Crippen LogP) is 1.26. The van der Waals surface area contributed by atoms with Gasteiger partial charge in [-0.15, -0.1) is 0 Å². The third-order valence-electron chi connectivity index (χ3n) is 2.12. The zero-order valence-electron chi connectivity index (χ0n) is 8.09. The minimum Gasteiger partial charge on any atom is -0.428 e. The van der Waals surface area contributed by atoms with Crippen LogP contribution in [0.15, 0.2) is 29.3 Å². The summed E-state index contributed by atoms with van der Waals surface area (Å²) >= 11 is 0. The number of nitrogens with zero attached hydrogens (tertiary/aromatic N) is 2. The third-order valence-corrected chi connectivity index (χ3v) is 2.12. The van der Waals surface area contributed by atoms with Crippen molar-refractivity contribution >= 4 is 23.7 Å². The van der Waals surface area contributed by atoms with E-state index in [0.717, 1.165) is 11.4 Å². The molecule has 0 unspecified atom stereocenters. The van der Waals surface area contributed by atoms with Crippen LogP contribution in [0.1, 0.15) is 0 Å². The minimum absolute atomic E-state index is 0.151. The van der Waals surface area contributed by atoms with Crippen molar-refractivity contribution in [1.82, 2.24) is 0 Å². The Kier molecular flexibility index (Phi) is 2.53. The van der Waals surface area contributed by atoms with Crippen molar-refractivity contribution in [2.24, 2.45) is 10.7 Å². The van der Waals surface area contributed by atoms with Gasteiger partial charge in [0.15, 0.2) is 6.73 Å². The molecule has 5 nitrogen and oxygen atoms in total. The van der Waals surface area contributed by atoms with Gasteiger partial charge in [0, 0.05) is 6.21 Å². The molecular formula is C10H11N3O2. The first kappa shape index (κ1) is 9.51. The molecule has 78 valence electrons. The second kappa shape index (κ2) is 4.00. The zero-order chi connectivity index (χ0) is 10.7. The number of primary amides is 1. The number of rotatable bonds is 2. The first-order valence-electron chi connectivity index (χ1n) is 4.56. The minimum atomic E-state index is -0.769. The molecule has 0 spiro atoms. The number of anilines is 1. The van der Waals surface area contributed by atoms with E-state index in [1.165, 1.54) is 0 Å². The van der Waals surface area contributed by atoms with Gasteiger partial charge in [-0.2, -0.15) is 0 Å². The average molecular weight is 205 g/mol. The van der Waals surface area contributed by atoms with Gasteiger partial charge in [-0.3, -0.25) is 4.99 Å². The molecule has 2 rings (SSSR count). The summed E-state index contributed by atoms with van der Waals surface area (Å²) in [4.78, 5) is 16.6. The Morgan fingerprint density at radius 2 is 2.33 bits per heavy atom. The molecule has 1 aliphatic heterocycles. The van der Waals surface area contributed by atoms with Crippen LogP contribution in [0.3, 0.4) is 0 Å². The van der Waals surface area contributed by atoms with Crippen molar-refractivity contribution in [3.8, 4) is 0 Å². The number of carbonyl (C=O) groups is 1. The highest BCUT2D eigenvalue weighted by molar-refractivity contribution is 5.81. The quantitative estimate of drug-likeness (QED) is 0.790. The van der Waals surface area contributed by atoms with Gasteiger partial charge in [0.25, 0.3) is 0 Å². The SMILES string of the molecule is NC(=O)OCN1CC=Nc2ccccc21. The monoisotopic (exact) mass is 205 g/mol. The second-order valence-electron chi connectivity index (χ2n) is 3.12. The van der Waals surface area contributed by atoms with Crippen LogP contribution in [0, 0.1) is 0 Å². The van der Waals surface area contributed by atoms with E-state index in [0.29, 0.717) is 6.54 Å². The molecular weight excluding hydrogens is 194 g/mol. The van der Waals surface area contributed by atoms with Crippen molar-refractivity contribution in [2.75, 3.05) is 18.2 Å². The zero-order valence-corrected chi connectivity index (χ0v) is 8.09. The van der Waals surface area contributed by atoms with Gasteiger partial charge in [0.2, 0.25) is 0 Å². The Morgan fingerprint density at radius 1 is 1.53 bits per heavy atom. The maximum Gasteiger partial charge on any atom is 0.406 e. The molecule has 0 saturated heterocycles. The van der Waals surface area contributed by atoms with E-state index in [1.807, 2.05) is 29.2 Å². The number of benzene rings is 1. The number of ether oxygens (including phenoxy) is 1. The van der Waals surface area contributed by atoms with Crippen LogP contribution in [-0.2, 0) is 4.74 Å². The molecule has 5 heteroatoms. The van der Waals surface area contributed by atoms with Gasteiger partial charge in [-0.05, 0) is 12.1 Å². The normalized spacial score (nSPS) is 13.5. The molecule has 1 aromatic rings. The number of fused-ring (bicyclic) bond motifs is 1. The van der Waals surface area contributed by atoms with Gasteiger partial charge in [-0.25, -0.2) is 4.79 Å². The summed E-state index contributed by atoms with van der Waals surface area (Å²) in [6.07, 6.45) is 1.00. The van der Waals surface area contributed by atoms with E-state index in [-0.39, 0.29) is 6.73 Å². The van der Waals surface area contributed by atoms with E-state index >= 15 is 0 Å². The fraction of sp³-hybridized carbons (Fsp3) is 0.200. The number of carbonyl (C=O) groups excluding carboxylic acids is 1. The summed E-state index contributed by atoms with van der Waals surface area (Å²) in [5.41, 5.74) is 6.73. The van der Waals surface area contributed by atoms with Gasteiger partial charge in [0.05, 0.1) is 17.9 Å². The molecule has 0 aliphatic carbocycles. The third kappa shape index (κ3) is 2.07. The molecule has 2 N–H and O–H groups in total. The van der Waals surface area contributed by atoms with Crippen LogP contribution >= 0.6 is 0 Å². The molecule has 1 amide bonds. The van der Waals surface area contributed by atoms with Crippen LogP contribution in [0.5, 0.6) is 0 Å². The largest absolute Gasteiger partial charge is 0.428 e. The highest BCUT2D eigenvalue weighted by atomic mass is 16.6. The summed E-state index contributed by atoms with van der Waals surface area (Å²) in [7, 11) is 0. The molecule has 1 aliphatic rings. The van der Waals surface area contributed by atoms with E-state index in [2.05, 4.69) is 4.99 Å². The van der Waals surface area contributed by atoms with Crippen molar-refractivity contribution in [3.05, 3.63) is 24.3 Å². The highest BCUT2D eigenvalue weighted by Gasteiger charge is 2.13. The van der Waals surface area contributed by atoms with E-state index in [9.17, 15) is 4.79 Å². The first-order valence-corrected chi connectivity index (χ1v) is 4.56. The standard InChI is InChI=1S/C10H11N3O2/c11-10(14)15-7-13-6-5-12-8-3-1-2-4-9(8)13/h1-5H,6-7H2,(H2,11,14). The van der Waals surface area contributed by atoms with Crippen LogP contribution in [0.4, 0.5) is 16.2 Å². The summed E-state index contributed by atoms with van der Waals surface area (Å²) < 4.78 is 4.74. The Bertz CT molecular complexity index is 403. The van der Waals surface area contributed by atoms with Crippen LogP contribution in [0.2, 0.25) is 0 Å². The first-order chi connectivity index (χ1) is 7.27. The van der Waals surface area contributed by atoms with Crippen LogP contribution in [-0.4, -0.2) is 25.6 Å². The number of para-hydroxylation sites is 2. The van der Waals surface area contributed by atoms with Gasteiger partial charge >= 0.3 is 6.09 Å². The number of hydrogen-bond acceptors (Lipinski definition) is 4. The molecule has 0 bridgehead atoms. The lowest BCUT2D eigenvalue weighted by Crippen LogP contribution is -2.32. The van der Waals surface area contributed by atoms with Gasteiger partial charge in [0.1, 0.15) is 0 Å². The topological polar surface area (TPSA) is 67.9 Å². The average Bonchev–Trinajstić information content (AvgIpc) is 2.26. The summed E-state index contributed by atoms with van der Waals surface area (Å²) in [6.45, 7) is 0.767. The lowest BCUT2D eigenvalue weighted by Gasteiger charge is -2.26. The summed E-state index contributed by atoms with van der Waals surface area (Å²) in [5.74, 6) is 0. The number of aliphatic imine (C=N–C) groups is 1. The Labute approximate surface area is 87.2 Å². The second-order valence-corrected chi connectivity index (χ2v) is 3.12. The van der Waals surface area contributed by atoms with E-state index in [4.69, 9.17) is 10.5 Å². The maximum atomic E-state index is 10.5. The molecule has 1 heterocycles. The summed E-state index contributed by atoms with van der Waals surface area (Å²) in [6, 6.07) is 7.66. The fourth-order valence-corrected chi connectivity index (χ4v) is 1.44. The maximum absolute atomic E-state index is 10.5. The molecule has 0 fully saturated rings. The molecule has 0 radical (unpaired) electrons. The number of hydrogen-bond donors (Lipinski definition) is 1. The molecule has 0 atom stereocenters. The Hall–Kier alpha value is -2.04.